The number of amides is 1. The topological polar surface area (TPSA) is 82.0 Å². The molecule has 0 bridgehead atoms. The summed E-state index contributed by atoms with van der Waals surface area (Å²) in [5, 5.41) is 0.701. The number of carbonyl (C=O) groups excluding carboxylic acids is 1. The van der Waals surface area contributed by atoms with Crippen molar-refractivity contribution in [3.05, 3.63) is 17.8 Å². The van der Waals surface area contributed by atoms with E-state index >= 15 is 0 Å². The fourth-order valence-corrected chi connectivity index (χ4v) is 2.16. The van der Waals surface area contributed by atoms with Crippen molar-refractivity contribution in [3.63, 3.8) is 0 Å². The Morgan fingerprint density at radius 2 is 2.19 bits per heavy atom. The number of hydrogen-bond donors (Lipinski definition) is 2. The highest BCUT2D eigenvalue weighted by Crippen LogP contribution is 2.23. The summed E-state index contributed by atoms with van der Waals surface area (Å²) in [5.74, 6) is 0.447. The normalized spacial score (nSPS) is 10.3. The first-order valence-electron chi connectivity index (χ1n) is 5.34. The van der Waals surface area contributed by atoms with E-state index in [0.717, 1.165) is 12.2 Å². The second-order valence-electron chi connectivity index (χ2n) is 3.51. The van der Waals surface area contributed by atoms with Crippen molar-refractivity contribution < 1.29 is 4.79 Å². The number of carbonyl (C=O) groups is 1. The molecule has 0 aliphatic rings. The van der Waals surface area contributed by atoms with E-state index in [0.29, 0.717) is 10.7 Å². The lowest BCUT2D eigenvalue weighted by atomic mass is 10.3. The van der Waals surface area contributed by atoms with E-state index in [2.05, 4.69) is 11.9 Å². The molecule has 1 aromatic heterocycles. The number of nitrogen functional groups attached to an aromatic ring is 1. The van der Waals surface area contributed by atoms with Crippen molar-refractivity contribution in [1.29, 1.82) is 0 Å². The summed E-state index contributed by atoms with van der Waals surface area (Å²) in [4.78, 5) is 15.1. The standard InChI is InChI=1S/C11H17N3OS/c1-2-3-4-7-16-11-8(12)5-6-9(14-11)10(13)15/h5-6H,2-4,7,12H2,1H3,(H2,13,15). The second-order valence-corrected chi connectivity index (χ2v) is 4.59. The summed E-state index contributed by atoms with van der Waals surface area (Å²) in [6.45, 7) is 2.16. The molecule has 4 nitrogen and oxygen atoms in total. The number of aromatic nitrogens is 1. The van der Waals surface area contributed by atoms with E-state index in [-0.39, 0.29) is 5.69 Å². The van der Waals surface area contributed by atoms with E-state index in [4.69, 9.17) is 11.5 Å². The SMILES string of the molecule is CCCCCSc1nc(C(N)=O)ccc1N. The van der Waals surface area contributed by atoms with Crippen molar-refractivity contribution in [1.82, 2.24) is 4.98 Å². The quantitative estimate of drug-likeness (QED) is 0.588. The second kappa shape index (κ2) is 6.37. The molecule has 0 saturated carbocycles. The molecule has 0 fully saturated rings. The number of unbranched alkanes of at least 4 members (excludes halogenated alkanes) is 2. The molecule has 88 valence electrons. The van der Waals surface area contributed by atoms with Gasteiger partial charge in [-0.05, 0) is 24.3 Å². The maximum Gasteiger partial charge on any atom is 0.267 e. The Morgan fingerprint density at radius 1 is 1.44 bits per heavy atom. The molecule has 0 aliphatic carbocycles. The third kappa shape index (κ3) is 3.73. The van der Waals surface area contributed by atoms with Gasteiger partial charge in [-0.25, -0.2) is 4.98 Å². The van der Waals surface area contributed by atoms with Crippen molar-refractivity contribution in [2.24, 2.45) is 5.73 Å². The molecule has 0 atom stereocenters. The summed E-state index contributed by atoms with van der Waals surface area (Å²) >= 11 is 1.57. The molecule has 4 N–H and O–H groups in total. The number of anilines is 1. The Morgan fingerprint density at radius 3 is 2.81 bits per heavy atom. The lowest BCUT2D eigenvalue weighted by molar-refractivity contribution is 0.0995. The van der Waals surface area contributed by atoms with Gasteiger partial charge in [0.1, 0.15) is 10.7 Å². The van der Waals surface area contributed by atoms with Gasteiger partial charge in [0.15, 0.2) is 0 Å². The van der Waals surface area contributed by atoms with Crippen LogP contribution in [0.4, 0.5) is 5.69 Å². The largest absolute Gasteiger partial charge is 0.397 e. The van der Waals surface area contributed by atoms with Gasteiger partial charge in [-0.2, -0.15) is 0 Å². The molecule has 0 radical (unpaired) electrons. The summed E-state index contributed by atoms with van der Waals surface area (Å²) in [6.07, 6.45) is 3.51. The van der Waals surface area contributed by atoms with E-state index in [1.165, 1.54) is 12.8 Å². The first-order chi connectivity index (χ1) is 7.65. The van der Waals surface area contributed by atoms with Gasteiger partial charge < -0.3 is 11.5 Å². The van der Waals surface area contributed by atoms with Crippen molar-refractivity contribution >= 4 is 23.4 Å². The van der Waals surface area contributed by atoms with Crippen LogP contribution in [0, 0.1) is 0 Å². The number of primary amides is 1. The van der Waals surface area contributed by atoms with Crippen LogP contribution in [0.15, 0.2) is 17.2 Å². The van der Waals surface area contributed by atoms with Gasteiger partial charge >= 0.3 is 0 Å². The van der Waals surface area contributed by atoms with E-state index in [9.17, 15) is 4.79 Å². The van der Waals surface area contributed by atoms with Crippen LogP contribution in [0.3, 0.4) is 0 Å². The lowest BCUT2D eigenvalue weighted by Gasteiger charge is -2.05. The average Bonchev–Trinajstić information content (AvgIpc) is 2.26. The van der Waals surface area contributed by atoms with Gasteiger partial charge in [0.2, 0.25) is 0 Å². The number of thioether (sulfide) groups is 1. The fourth-order valence-electron chi connectivity index (χ4n) is 1.22. The zero-order chi connectivity index (χ0) is 12.0. The van der Waals surface area contributed by atoms with Crippen LogP contribution in [-0.4, -0.2) is 16.6 Å². The van der Waals surface area contributed by atoms with Crippen molar-refractivity contribution in [3.8, 4) is 0 Å². The maximum atomic E-state index is 11.0. The molecule has 0 unspecified atom stereocenters. The number of nitrogens with two attached hydrogens (primary N) is 2. The van der Waals surface area contributed by atoms with Crippen LogP contribution < -0.4 is 11.5 Å². The first kappa shape index (κ1) is 12.8. The van der Waals surface area contributed by atoms with Crippen molar-refractivity contribution in [2.45, 2.75) is 31.2 Å². The van der Waals surface area contributed by atoms with E-state index < -0.39 is 5.91 Å². The zero-order valence-electron chi connectivity index (χ0n) is 9.40. The third-order valence-corrected chi connectivity index (χ3v) is 3.22. The first-order valence-corrected chi connectivity index (χ1v) is 6.32. The van der Waals surface area contributed by atoms with Crippen LogP contribution in [0.25, 0.3) is 0 Å². The number of hydrogen-bond acceptors (Lipinski definition) is 4. The number of rotatable bonds is 6. The molecular formula is C11H17N3OS. The minimum absolute atomic E-state index is 0.271. The van der Waals surface area contributed by atoms with Crippen LogP contribution in [0.5, 0.6) is 0 Å². The molecule has 1 rings (SSSR count). The molecule has 1 aromatic rings. The smallest absolute Gasteiger partial charge is 0.267 e. The Hall–Kier alpha value is -1.23. The molecule has 0 spiro atoms. The van der Waals surface area contributed by atoms with Gasteiger partial charge in [-0.1, -0.05) is 19.8 Å². The highest BCUT2D eigenvalue weighted by atomic mass is 32.2. The fraction of sp³-hybridized carbons (Fsp3) is 0.455. The zero-order valence-corrected chi connectivity index (χ0v) is 10.2. The minimum Gasteiger partial charge on any atom is -0.397 e. The number of pyridine rings is 1. The summed E-state index contributed by atoms with van der Waals surface area (Å²) in [6, 6.07) is 3.23. The Labute approximate surface area is 99.8 Å². The highest BCUT2D eigenvalue weighted by Gasteiger charge is 2.07. The summed E-state index contributed by atoms with van der Waals surface area (Å²) in [5.41, 5.74) is 11.8. The average molecular weight is 239 g/mol. The molecule has 0 saturated heterocycles. The molecule has 0 aliphatic heterocycles. The molecule has 0 aromatic carbocycles. The Bertz CT molecular complexity index is 368. The predicted octanol–water partition coefficient (Wildman–Crippen LogP) is 2.04. The van der Waals surface area contributed by atoms with E-state index in [1.54, 1.807) is 23.9 Å². The Kier molecular flexibility index (Phi) is 5.11. The molecule has 1 heterocycles. The van der Waals surface area contributed by atoms with Crippen LogP contribution in [-0.2, 0) is 0 Å². The minimum atomic E-state index is -0.518. The maximum absolute atomic E-state index is 11.0. The highest BCUT2D eigenvalue weighted by molar-refractivity contribution is 7.99. The molecule has 5 heteroatoms. The molecule has 1 amide bonds. The van der Waals surface area contributed by atoms with Gasteiger partial charge in [-0.3, -0.25) is 4.79 Å². The molecular weight excluding hydrogens is 222 g/mol. The van der Waals surface area contributed by atoms with Gasteiger partial charge in [0, 0.05) is 0 Å². The van der Waals surface area contributed by atoms with Gasteiger partial charge in [0.25, 0.3) is 5.91 Å². The number of nitrogens with zero attached hydrogens (tertiary/aromatic N) is 1. The lowest BCUT2D eigenvalue weighted by Crippen LogP contribution is -2.13. The van der Waals surface area contributed by atoms with E-state index in [1.807, 2.05) is 0 Å². The monoisotopic (exact) mass is 239 g/mol. The van der Waals surface area contributed by atoms with Crippen LogP contribution >= 0.6 is 11.8 Å². The summed E-state index contributed by atoms with van der Waals surface area (Å²) < 4.78 is 0. The Balaban J connectivity index is 2.63. The van der Waals surface area contributed by atoms with Crippen LogP contribution in [0.2, 0.25) is 0 Å². The van der Waals surface area contributed by atoms with Crippen LogP contribution in [0.1, 0.15) is 36.7 Å². The third-order valence-electron chi connectivity index (χ3n) is 2.13. The van der Waals surface area contributed by atoms with Gasteiger partial charge in [-0.15, -0.1) is 11.8 Å². The molecule has 16 heavy (non-hydrogen) atoms. The predicted molar refractivity (Wildman–Crippen MR) is 67.4 cm³/mol. The summed E-state index contributed by atoms with van der Waals surface area (Å²) in [7, 11) is 0. The van der Waals surface area contributed by atoms with Gasteiger partial charge in [0.05, 0.1) is 5.69 Å². The van der Waals surface area contributed by atoms with Crippen molar-refractivity contribution in [2.75, 3.05) is 11.5 Å².